The molecule has 0 aromatic carbocycles. The normalized spacial score (nSPS) is 13.2. The van der Waals surface area contributed by atoms with E-state index in [4.69, 9.17) is 10.8 Å². The first kappa shape index (κ1) is 49.8. The van der Waals surface area contributed by atoms with Crippen LogP contribution in [0.4, 0.5) is 0 Å². The minimum Gasteiger partial charge on any atom is -0.396 e. The van der Waals surface area contributed by atoms with Crippen molar-refractivity contribution in [3.05, 3.63) is 102 Å². The number of aryl methyl sites for hydroxylation is 1. The quantitative estimate of drug-likeness (QED) is 0.143. The highest BCUT2D eigenvalue weighted by atomic mass is 16.3. The van der Waals surface area contributed by atoms with E-state index in [2.05, 4.69) is 118 Å². The number of carbonyl (C=O) groups is 2. The zero-order valence-electron chi connectivity index (χ0n) is 38.5. The largest absolute Gasteiger partial charge is 0.396 e. The van der Waals surface area contributed by atoms with E-state index in [0.29, 0.717) is 12.3 Å². The van der Waals surface area contributed by atoms with Crippen LogP contribution in [-0.2, 0) is 39.3 Å². The zero-order valence-corrected chi connectivity index (χ0v) is 38.5. The summed E-state index contributed by atoms with van der Waals surface area (Å²) in [6.45, 7) is 27.1. The van der Waals surface area contributed by atoms with Crippen LogP contribution in [0.1, 0.15) is 154 Å². The Labute approximate surface area is 362 Å². The molecule has 0 unspecified atom stereocenters. The lowest BCUT2D eigenvalue weighted by molar-refractivity contribution is -0.133. The molecule has 330 valence electrons. The van der Waals surface area contributed by atoms with Crippen molar-refractivity contribution in [3.63, 3.8) is 0 Å². The van der Waals surface area contributed by atoms with Gasteiger partial charge in [0.1, 0.15) is 23.5 Å². The number of rotatable bonds is 8. The van der Waals surface area contributed by atoms with Gasteiger partial charge in [0.15, 0.2) is 0 Å². The number of aliphatic hydroxyl groups is 1. The van der Waals surface area contributed by atoms with Crippen LogP contribution in [0.5, 0.6) is 0 Å². The van der Waals surface area contributed by atoms with E-state index >= 15 is 0 Å². The smallest absolute Gasteiger partial charge is 0.268 e. The molecule has 0 saturated carbocycles. The number of hydrogen-bond acceptors (Lipinski definition) is 12. The number of aliphatic hydroxyl groups excluding tert-OH is 1. The molecule has 4 N–H and O–H groups in total. The second-order valence-corrected chi connectivity index (χ2v) is 19.1. The van der Waals surface area contributed by atoms with Gasteiger partial charge in [-0.05, 0) is 37.8 Å². The molecule has 0 spiro atoms. The lowest BCUT2D eigenvalue weighted by atomic mass is 9.91. The molecule has 15 heteroatoms. The van der Waals surface area contributed by atoms with E-state index in [-0.39, 0.29) is 34.0 Å². The Bertz CT molecular complexity index is 2080. The van der Waals surface area contributed by atoms with Crippen LogP contribution in [-0.4, -0.2) is 91.4 Å². The Hall–Kier alpha value is -5.57. The molecular weight excluding hydrogens is 769 g/mol. The van der Waals surface area contributed by atoms with Gasteiger partial charge >= 0.3 is 0 Å². The lowest BCUT2D eigenvalue weighted by Crippen LogP contribution is -2.36. The molecule has 0 atom stereocenters. The van der Waals surface area contributed by atoms with Gasteiger partial charge in [0.05, 0.1) is 42.0 Å². The topological polar surface area (TPSA) is 215 Å². The molecule has 1 saturated heterocycles. The summed E-state index contributed by atoms with van der Waals surface area (Å²) in [6.07, 6.45) is 18.8. The second-order valence-electron chi connectivity index (χ2n) is 19.1. The SMILES string of the molecule is CC(C)(C)c1cc(CCCN2CCCCC2=O)ncn1.CC(C)(C)c1cnc(-c2cnc[nH]2)cn1.CC(C)(C)c1cnc(C(N)=O)cn1.CC(C)(C)c1nccc(CCO)n1. The third-order valence-corrected chi connectivity index (χ3v) is 9.39. The minimum absolute atomic E-state index is 0.0224. The van der Waals surface area contributed by atoms with Crippen LogP contribution in [0.15, 0.2) is 62.0 Å². The molecular formula is C46H68N12O3. The highest BCUT2D eigenvalue weighted by Crippen LogP contribution is 2.22. The Morgan fingerprint density at radius 2 is 1.39 bits per heavy atom. The summed E-state index contributed by atoms with van der Waals surface area (Å²) in [5.41, 5.74) is 11.9. The van der Waals surface area contributed by atoms with Gasteiger partial charge in [-0.2, -0.15) is 0 Å². The summed E-state index contributed by atoms with van der Waals surface area (Å²) >= 11 is 0. The minimum atomic E-state index is -0.548. The number of nitrogens with two attached hydrogens (primary N) is 1. The molecule has 2 amide bonds. The molecule has 0 aliphatic carbocycles. The Balaban J connectivity index is 0.000000221. The van der Waals surface area contributed by atoms with E-state index < -0.39 is 5.91 Å². The molecule has 1 aliphatic rings. The summed E-state index contributed by atoms with van der Waals surface area (Å²) in [5.74, 6) is 0.598. The summed E-state index contributed by atoms with van der Waals surface area (Å²) in [4.78, 5) is 65.4. The zero-order chi connectivity index (χ0) is 45.4. The van der Waals surface area contributed by atoms with Crippen molar-refractivity contribution in [3.8, 4) is 11.4 Å². The molecule has 0 radical (unpaired) electrons. The average Bonchev–Trinajstić information content (AvgIpc) is 3.74. The Morgan fingerprint density at radius 1 is 0.738 bits per heavy atom. The first-order chi connectivity index (χ1) is 28.5. The standard InChI is InChI=1S/C16H25N3O.C11H14N4.C10H16N2O.C9H13N3O/c1-16(2,3)14-11-13(17-12-18-14)7-6-10-19-9-5-4-8-15(19)20;1-11(2,3)10-6-13-9(5-14-10)8-4-12-7-15-8;1-10(2,3)9-11-6-4-8(12-9)5-7-13;1-9(2,3)7-5-11-6(4-12-7)8(10)13/h11-12H,4-10H2,1-3H3;4-7H,1-3H3,(H,12,15);4,6,13H,5,7H2,1-3H3;4-5H,1-3H3,(H2,10,13). The summed E-state index contributed by atoms with van der Waals surface area (Å²) in [5, 5.41) is 8.75. The van der Waals surface area contributed by atoms with Crippen molar-refractivity contribution >= 4 is 11.8 Å². The van der Waals surface area contributed by atoms with E-state index in [1.165, 1.54) is 6.20 Å². The molecule has 6 rings (SSSR count). The van der Waals surface area contributed by atoms with Gasteiger partial charge < -0.3 is 20.7 Å². The van der Waals surface area contributed by atoms with Crippen molar-refractivity contribution in [1.82, 2.24) is 54.7 Å². The van der Waals surface area contributed by atoms with Gasteiger partial charge in [-0.25, -0.2) is 29.9 Å². The van der Waals surface area contributed by atoms with Crippen LogP contribution >= 0.6 is 0 Å². The maximum Gasteiger partial charge on any atom is 0.268 e. The number of amides is 2. The molecule has 5 aromatic heterocycles. The number of imidazole rings is 1. The summed E-state index contributed by atoms with van der Waals surface area (Å²) < 4.78 is 0. The fraction of sp³-hybridized carbons (Fsp3) is 0.543. The van der Waals surface area contributed by atoms with Crippen molar-refractivity contribution in [2.45, 2.75) is 143 Å². The summed E-state index contributed by atoms with van der Waals surface area (Å²) in [6, 6.07) is 3.93. The fourth-order valence-corrected chi connectivity index (χ4v) is 5.60. The highest BCUT2D eigenvalue weighted by molar-refractivity contribution is 5.90. The van der Waals surface area contributed by atoms with Crippen molar-refractivity contribution in [2.24, 2.45) is 5.73 Å². The molecule has 0 bridgehead atoms. The van der Waals surface area contributed by atoms with Gasteiger partial charge in [-0.3, -0.25) is 24.5 Å². The number of primary amides is 1. The third-order valence-electron chi connectivity index (χ3n) is 9.39. The van der Waals surface area contributed by atoms with E-state index in [1.807, 2.05) is 37.9 Å². The Morgan fingerprint density at radius 3 is 1.90 bits per heavy atom. The van der Waals surface area contributed by atoms with Crippen LogP contribution in [0, 0.1) is 0 Å². The number of carbonyl (C=O) groups excluding carboxylic acids is 2. The number of nitrogens with one attached hydrogen (secondary N) is 1. The van der Waals surface area contributed by atoms with Crippen molar-refractivity contribution in [2.75, 3.05) is 19.7 Å². The predicted molar refractivity (Wildman–Crippen MR) is 239 cm³/mol. The molecule has 61 heavy (non-hydrogen) atoms. The maximum atomic E-state index is 11.7. The first-order valence-corrected chi connectivity index (χ1v) is 20.9. The molecule has 1 aliphatic heterocycles. The van der Waals surface area contributed by atoms with Gasteiger partial charge in [-0.15, -0.1) is 0 Å². The van der Waals surface area contributed by atoms with Gasteiger partial charge in [0.2, 0.25) is 5.91 Å². The number of aromatic nitrogens is 10. The summed E-state index contributed by atoms with van der Waals surface area (Å²) in [7, 11) is 0. The number of H-pyrrole nitrogens is 1. The number of nitrogens with zero attached hydrogens (tertiary/aromatic N) is 10. The van der Waals surface area contributed by atoms with Crippen LogP contribution in [0.25, 0.3) is 11.4 Å². The van der Waals surface area contributed by atoms with E-state index in [9.17, 15) is 9.59 Å². The molecule has 15 nitrogen and oxygen atoms in total. The number of likely N-dealkylation sites (tertiary alicyclic amines) is 1. The highest BCUT2D eigenvalue weighted by Gasteiger charge is 2.20. The number of piperidine rings is 1. The van der Waals surface area contributed by atoms with Gasteiger partial charge in [0.25, 0.3) is 5.91 Å². The van der Waals surface area contributed by atoms with Crippen LogP contribution in [0.3, 0.4) is 0 Å². The third kappa shape index (κ3) is 17.1. The number of hydrogen-bond donors (Lipinski definition) is 3. The molecule has 5 aromatic rings. The van der Waals surface area contributed by atoms with Crippen LogP contribution < -0.4 is 5.73 Å². The van der Waals surface area contributed by atoms with Crippen LogP contribution in [0.2, 0.25) is 0 Å². The molecule has 6 heterocycles. The van der Waals surface area contributed by atoms with E-state index in [0.717, 1.165) is 90.9 Å². The van der Waals surface area contributed by atoms with Gasteiger partial charge in [-0.1, -0.05) is 83.1 Å². The first-order valence-electron chi connectivity index (χ1n) is 20.9. The fourth-order valence-electron chi connectivity index (χ4n) is 5.60. The lowest BCUT2D eigenvalue weighted by Gasteiger charge is -2.26. The van der Waals surface area contributed by atoms with Crippen molar-refractivity contribution < 1.29 is 14.7 Å². The maximum absolute atomic E-state index is 11.7. The van der Waals surface area contributed by atoms with Crippen molar-refractivity contribution in [1.29, 1.82) is 0 Å². The monoisotopic (exact) mass is 837 g/mol. The van der Waals surface area contributed by atoms with E-state index in [1.54, 1.807) is 37.4 Å². The average molecular weight is 837 g/mol. The predicted octanol–water partition coefficient (Wildman–Crippen LogP) is 7.07. The second kappa shape index (κ2) is 22.3. The number of aromatic amines is 1. The molecule has 1 fully saturated rings. The Kier molecular flexibility index (Phi) is 18.2. The van der Waals surface area contributed by atoms with Gasteiger partial charge in [0, 0.05) is 89.9 Å².